The van der Waals surface area contributed by atoms with Crippen molar-refractivity contribution in [3.63, 3.8) is 0 Å². The summed E-state index contributed by atoms with van der Waals surface area (Å²) in [4.78, 5) is 0. The molecule has 19 heavy (non-hydrogen) atoms. The van der Waals surface area contributed by atoms with Gasteiger partial charge in [-0.15, -0.1) is 0 Å². The van der Waals surface area contributed by atoms with Gasteiger partial charge < -0.3 is 10.1 Å². The zero-order valence-corrected chi connectivity index (χ0v) is 14.2. The second-order valence-electron chi connectivity index (χ2n) is 6.83. The van der Waals surface area contributed by atoms with E-state index >= 15 is 0 Å². The van der Waals surface area contributed by atoms with Gasteiger partial charge in [0.1, 0.15) is 0 Å². The number of nitrogens with one attached hydrogen (secondary N) is 1. The van der Waals surface area contributed by atoms with Crippen molar-refractivity contribution in [1.82, 2.24) is 5.32 Å². The normalized spacial score (nSPS) is 15.5. The Bertz CT molecular complexity index is 198. The van der Waals surface area contributed by atoms with Crippen molar-refractivity contribution in [2.75, 3.05) is 14.2 Å². The minimum atomic E-state index is 0.198. The summed E-state index contributed by atoms with van der Waals surface area (Å²) in [5, 5.41) is 3.45. The third-order valence-electron chi connectivity index (χ3n) is 3.96. The Morgan fingerprint density at radius 3 is 1.89 bits per heavy atom. The molecule has 0 saturated heterocycles. The highest BCUT2D eigenvalue weighted by molar-refractivity contribution is 4.85. The van der Waals surface area contributed by atoms with Gasteiger partial charge in [0.2, 0.25) is 0 Å². The van der Waals surface area contributed by atoms with Gasteiger partial charge in [0.05, 0.1) is 6.10 Å². The molecule has 0 heterocycles. The first-order chi connectivity index (χ1) is 8.97. The van der Waals surface area contributed by atoms with Crippen LogP contribution in [0.3, 0.4) is 0 Å². The molecule has 0 spiro atoms. The summed E-state index contributed by atoms with van der Waals surface area (Å²) in [6.45, 7) is 9.05. The van der Waals surface area contributed by atoms with Gasteiger partial charge in [-0.2, -0.15) is 0 Å². The molecule has 0 fully saturated rings. The van der Waals surface area contributed by atoms with Crippen LogP contribution in [-0.4, -0.2) is 26.3 Å². The molecule has 0 saturated carbocycles. The number of hydrogen-bond acceptors (Lipinski definition) is 2. The lowest BCUT2D eigenvalue weighted by molar-refractivity contribution is -0.0118. The SMILES string of the molecule is CCCCCCCCCC(NC)C(OC)C(C)(C)C. The molecule has 2 heteroatoms. The highest BCUT2D eigenvalue weighted by Crippen LogP contribution is 2.26. The van der Waals surface area contributed by atoms with E-state index in [9.17, 15) is 0 Å². The van der Waals surface area contributed by atoms with E-state index in [1.54, 1.807) is 0 Å². The number of methoxy groups -OCH3 is 1. The van der Waals surface area contributed by atoms with Crippen molar-refractivity contribution in [1.29, 1.82) is 0 Å². The Morgan fingerprint density at radius 2 is 1.47 bits per heavy atom. The van der Waals surface area contributed by atoms with Crippen LogP contribution < -0.4 is 5.32 Å². The Labute approximate surface area is 121 Å². The molecule has 1 N–H and O–H groups in total. The molecule has 2 atom stereocenters. The smallest absolute Gasteiger partial charge is 0.0772 e. The lowest BCUT2D eigenvalue weighted by atomic mass is 9.82. The molecule has 0 aromatic rings. The van der Waals surface area contributed by atoms with E-state index < -0.39 is 0 Å². The third-order valence-corrected chi connectivity index (χ3v) is 3.96. The summed E-state index contributed by atoms with van der Waals surface area (Å²) in [7, 11) is 3.90. The molecule has 0 aliphatic rings. The van der Waals surface area contributed by atoms with Gasteiger partial charge in [-0.1, -0.05) is 72.6 Å². The molecular formula is C17H37NO. The van der Waals surface area contributed by atoms with Crippen molar-refractivity contribution in [3.8, 4) is 0 Å². The Kier molecular flexibility index (Phi) is 10.6. The zero-order valence-electron chi connectivity index (χ0n) is 14.2. The number of unbranched alkanes of at least 4 members (excludes halogenated alkanes) is 6. The second-order valence-corrected chi connectivity index (χ2v) is 6.83. The number of rotatable bonds is 11. The predicted molar refractivity (Wildman–Crippen MR) is 85.7 cm³/mol. The molecule has 0 aromatic heterocycles. The van der Waals surface area contributed by atoms with Gasteiger partial charge in [-0.05, 0) is 18.9 Å². The van der Waals surface area contributed by atoms with E-state index in [1.807, 2.05) is 7.11 Å². The monoisotopic (exact) mass is 271 g/mol. The molecular weight excluding hydrogens is 234 g/mol. The van der Waals surface area contributed by atoms with Crippen LogP contribution in [0, 0.1) is 5.41 Å². The molecule has 0 aliphatic heterocycles. The lowest BCUT2D eigenvalue weighted by Crippen LogP contribution is -2.46. The quantitative estimate of drug-likeness (QED) is 0.546. The Balaban J connectivity index is 3.87. The van der Waals surface area contributed by atoms with Crippen molar-refractivity contribution < 1.29 is 4.74 Å². The maximum absolute atomic E-state index is 5.72. The Hall–Kier alpha value is -0.0800. The standard InChI is InChI=1S/C17H37NO/c1-7-8-9-10-11-12-13-14-15(18-5)16(19-6)17(2,3)4/h15-16,18H,7-14H2,1-6H3. The predicted octanol–water partition coefficient (Wildman–Crippen LogP) is 4.78. The van der Waals surface area contributed by atoms with Crippen molar-refractivity contribution >= 4 is 0 Å². The van der Waals surface area contributed by atoms with E-state index in [-0.39, 0.29) is 11.5 Å². The van der Waals surface area contributed by atoms with Gasteiger partial charge in [-0.3, -0.25) is 0 Å². The van der Waals surface area contributed by atoms with Crippen LogP contribution in [0.4, 0.5) is 0 Å². The fourth-order valence-corrected chi connectivity index (χ4v) is 2.89. The summed E-state index contributed by atoms with van der Waals surface area (Å²) >= 11 is 0. The lowest BCUT2D eigenvalue weighted by Gasteiger charge is -2.36. The van der Waals surface area contributed by atoms with Crippen molar-refractivity contribution in [3.05, 3.63) is 0 Å². The van der Waals surface area contributed by atoms with Gasteiger partial charge in [0, 0.05) is 13.2 Å². The fraction of sp³-hybridized carbons (Fsp3) is 1.00. The number of ether oxygens (including phenoxy) is 1. The molecule has 2 nitrogen and oxygen atoms in total. The highest BCUT2D eigenvalue weighted by atomic mass is 16.5. The molecule has 0 amide bonds. The summed E-state index contributed by atoms with van der Waals surface area (Å²) < 4.78 is 5.72. The summed E-state index contributed by atoms with van der Waals surface area (Å²) in [6, 6.07) is 0.473. The molecule has 0 aromatic carbocycles. The summed E-state index contributed by atoms with van der Waals surface area (Å²) in [5.74, 6) is 0. The molecule has 0 rings (SSSR count). The first-order valence-electron chi connectivity index (χ1n) is 8.17. The zero-order chi connectivity index (χ0) is 14.7. The largest absolute Gasteiger partial charge is 0.379 e. The number of likely N-dealkylation sites (N-methyl/N-ethyl adjacent to an activating group) is 1. The highest BCUT2D eigenvalue weighted by Gasteiger charge is 2.30. The van der Waals surface area contributed by atoms with E-state index in [0.717, 1.165) is 0 Å². The Morgan fingerprint density at radius 1 is 0.947 bits per heavy atom. The van der Waals surface area contributed by atoms with Crippen LogP contribution in [0.5, 0.6) is 0 Å². The molecule has 0 bridgehead atoms. The van der Waals surface area contributed by atoms with Gasteiger partial charge in [0.25, 0.3) is 0 Å². The first kappa shape index (κ1) is 18.9. The summed E-state index contributed by atoms with van der Waals surface area (Å²) in [5.41, 5.74) is 0.198. The van der Waals surface area contributed by atoms with E-state index in [0.29, 0.717) is 6.04 Å². The van der Waals surface area contributed by atoms with Gasteiger partial charge in [-0.25, -0.2) is 0 Å². The van der Waals surface area contributed by atoms with Crippen LogP contribution in [0.25, 0.3) is 0 Å². The van der Waals surface area contributed by atoms with E-state index in [2.05, 4.69) is 40.1 Å². The van der Waals surface area contributed by atoms with Crippen LogP contribution in [0.1, 0.15) is 79.1 Å². The fourth-order valence-electron chi connectivity index (χ4n) is 2.89. The minimum Gasteiger partial charge on any atom is -0.379 e. The van der Waals surface area contributed by atoms with Crippen LogP contribution >= 0.6 is 0 Å². The minimum absolute atomic E-state index is 0.198. The molecule has 116 valence electrons. The maximum Gasteiger partial charge on any atom is 0.0772 e. The van der Waals surface area contributed by atoms with Gasteiger partial charge >= 0.3 is 0 Å². The molecule has 0 radical (unpaired) electrons. The van der Waals surface area contributed by atoms with Crippen molar-refractivity contribution in [2.24, 2.45) is 5.41 Å². The topological polar surface area (TPSA) is 21.3 Å². The van der Waals surface area contributed by atoms with Crippen molar-refractivity contribution in [2.45, 2.75) is 91.2 Å². The first-order valence-corrected chi connectivity index (χ1v) is 8.17. The van der Waals surface area contributed by atoms with Crippen LogP contribution in [0.15, 0.2) is 0 Å². The third kappa shape index (κ3) is 8.65. The maximum atomic E-state index is 5.72. The average molecular weight is 271 g/mol. The summed E-state index contributed by atoms with van der Waals surface area (Å²) in [6.07, 6.45) is 11.1. The molecule has 2 unspecified atom stereocenters. The average Bonchev–Trinajstić information content (AvgIpc) is 2.34. The van der Waals surface area contributed by atoms with Crippen LogP contribution in [0.2, 0.25) is 0 Å². The van der Waals surface area contributed by atoms with E-state index in [1.165, 1.54) is 51.4 Å². The molecule has 0 aliphatic carbocycles. The second kappa shape index (κ2) is 10.7. The van der Waals surface area contributed by atoms with Crippen LogP contribution in [-0.2, 0) is 4.74 Å². The number of hydrogen-bond donors (Lipinski definition) is 1. The van der Waals surface area contributed by atoms with Gasteiger partial charge in [0.15, 0.2) is 0 Å². The van der Waals surface area contributed by atoms with E-state index in [4.69, 9.17) is 4.74 Å².